The molecule has 3 heteroatoms. The molecule has 240 valence electrons. The van der Waals surface area contributed by atoms with E-state index in [9.17, 15) is 0 Å². The Morgan fingerprint density at radius 3 is 2.22 bits per heavy atom. The maximum Gasteiger partial charge on any atom is 0.0751 e. The van der Waals surface area contributed by atoms with Gasteiger partial charge in [0.2, 0.25) is 0 Å². The molecule has 3 nitrogen and oxygen atoms in total. The van der Waals surface area contributed by atoms with Crippen LogP contribution in [0.3, 0.4) is 0 Å². The molecule has 2 heterocycles. The molecule has 0 radical (unpaired) electrons. The molecule has 4 aromatic carbocycles. The Morgan fingerprint density at radius 1 is 0.694 bits per heavy atom. The van der Waals surface area contributed by atoms with Gasteiger partial charge in [-0.25, -0.2) is 0 Å². The Balaban J connectivity index is 1.29. The summed E-state index contributed by atoms with van der Waals surface area (Å²) in [6.07, 6.45) is 14.5. The number of fused-ring (bicyclic) bond motifs is 3. The lowest BCUT2D eigenvalue weighted by Crippen LogP contribution is -2.28. The second-order valence-electron chi connectivity index (χ2n) is 13.9. The maximum atomic E-state index is 4.86. The van der Waals surface area contributed by atoms with Crippen LogP contribution in [-0.4, -0.2) is 9.97 Å². The third-order valence-electron chi connectivity index (χ3n) is 10.5. The largest absolute Gasteiger partial charge is 0.338 e. The van der Waals surface area contributed by atoms with Gasteiger partial charge in [-0.1, -0.05) is 98.8 Å². The van der Waals surface area contributed by atoms with Gasteiger partial charge in [-0.3, -0.25) is 9.97 Å². The van der Waals surface area contributed by atoms with Crippen LogP contribution in [0.1, 0.15) is 61.9 Å². The molecule has 0 aliphatic heterocycles. The molecule has 2 aromatic heterocycles. The fraction of sp³-hybridized carbons (Fsp3) is 0.174. The van der Waals surface area contributed by atoms with Crippen LogP contribution in [0.4, 0.5) is 5.69 Å². The minimum Gasteiger partial charge on any atom is -0.338 e. The minimum atomic E-state index is -0.0225. The van der Waals surface area contributed by atoms with E-state index in [0.717, 1.165) is 29.7 Å². The molecule has 2 aliphatic rings. The van der Waals surface area contributed by atoms with E-state index in [1.807, 2.05) is 24.7 Å². The van der Waals surface area contributed by atoms with Gasteiger partial charge >= 0.3 is 0 Å². The van der Waals surface area contributed by atoms with Crippen LogP contribution in [-0.2, 0) is 5.41 Å². The highest BCUT2D eigenvalue weighted by Crippen LogP contribution is 2.50. The number of pyridine rings is 2. The lowest BCUT2D eigenvalue weighted by molar-refractivity contribution is 0.660. The van der Waals surface area contributed by atoms with Gasteiger partial charge in [0.1, 0.15) is 0 Å². The Morgan fingerprint density at radius 2 is 1.45 bits per heavy atom. The quantitative estimate of drug-likeness (QED) is 0.175. The van der Waals surface area contributed by atoms with Gasteiger partial charge in [0.05, 0.1) is 11.7 Å². The standard InChI is InChI=1S/C46H41N3/c1-31-44(23-25-48-45(31)33-14-7-5-8-15-33)49(39-17-9-6-10-18-39)32(2)36-26-37(28-38(27-36)35-16-13-24-47-30-35)34-21-22-43-41(29-34)40-19-11-12-20-42(40)46(43,3)4/h5-9,11-17,19-30,32H,10,18H2,1-4H3. The van der Waals surface area contributed by atoms with Crippen molar-refractivity contribution >= 4 is 5.69 Å². The number of aromatic nitrogens is 2. The van der Waals surface area contributed by atoms with E-state index in [4.69, 9.17) is 4.98 Å². The number of hydrogen-bond acceptors (Lipinski definition) is 3. The third-order valence-corrected chi connectivity index (χ3v) is 10.5. The van der Waals surface area contributed by atoms with Gasteiger partial charge in [-0.2, -0.15) is 0 Å². The molecular formula is C46H41N3. The highest BCUT2D eigenvalue weighted by molar-refractivity contribution is 5.85. The molecule has 0 fully saturated rings. The first kappa shape index (κ1) is 30.8. The van der Waals surface area contributed by atoms with Crippen molar-refractivity contribution in [3.8, 4) is 44.6 Å². The van der Waals surface area contributed by atoms with Crippen molar-refractivity contribution in [2.75, 3.05) is 4.90 Å². The van der Waals surface area contributed by atoms with Crippen molar-refractivity contribution in [1.29, 1.82) is 0 Å². The molecule has 0 N–H and O–H groups in total. The van der Waals surface area contributed by atoms with Crippen LogP contribution in [0.5, 0.6) is 0 Å². The smallest absolute Gasteiger partial charge is 0.0751 e. The second kappa shape index (κ2) is 12.5. The molecule has 0 bridgehead atoms. The Kier molecular flexibility index (Phi) is 7.84. The zero-order valence-electron chi connectivity index (χ0n) is 28.7. The van der Waals surface area contributed by atoms with Gasteiger partial charge in [0, 0.05) is 46.5 Å². The van der Waals surface area contributed by atoms with Crippen LogP contribution in [0, 0.1) is 6.92 Å². The average Bonchev–Trinajstić information content (AvgIpc) is 3.39. The molecular weight excluding hydrogens is 595 g/mol. The predicted octanol–water partition coefficient (Wildman–Crippen LogP) is 11.9. The van der Waals surface area contributed by atoms with Gasteiger partial charge < -0.3 is 4.90 Å². The summed E-state index contributed by atoms with van der Waals surface area (Å²) >= 11 is 0. The van der Waals surface area contributed by atoms with Crippen molar-refractivity contribution in [1.82, 2.24) is 9.97 Å². The van der Waals surface area contributed by atoms with E-state index in [0.29, 0.717) is 0 Å². The fourth-order valence-electron chi connectivity index (χ4n) is 7.88. The summed E-state index contributed by atoms with van der Waals surface area (Å²) in [7, 11) is 0. The van der Waals surface area contributed by atoms with E-state index < -0.39 is 0 Å². The summed E-state index contributed by atoms with van der Waals surface area (Å²) in [5.41, 5.74) is 17.2. The monoisotopic (exact) mass is 635 g/mol. The summed E-state index contributed by atoms with van der Waals surface area (Å²) in [5.74, 6) is 0. The molecule has 1 unspecified atom stereocenters. The molecule has 49 heavy (non-hydrogen) atoms. The average molecular weight is 636 g/mol. The Hall–Kier alpha value is -5.54. The van der Waals surface area contributed by atoms with Gasteiger partial charge in [0.25, 0.3) is 0 Å². The van der Waals surface area contributed by atoms with Crippen molar-refractivity contribution in [2.45, 2.75) is 52.0 Å². The first-order valence-corrected chi connectivity index (χ1v) is 17.4. The fourth-order valence-corrected chi connectivity index (χ4v) is 7.88. The summed E-state index contributed by atoms with van der Waals surface area (Å²) in [5, 5.41) is 0. The Labute approximate surface area is 290 Å². The summed E-state index contributed by atoms with van der Waals surface area (Å²) in [6.45, 7) is 9.24. The maximum absolute atomic E-state index is 4.86. The van der Waals surface area contributed by atoms with Gasteiger partial charge in [-0.05, 0) is 119 Å². The van der Waals surface area contributed by atoms with Crippen LogP contribution < -0.4 is 4.90 Å². The topological polar surface area (TPSA) is 29.0 Å². The number of benzene rings is 4. The number of nitrogens with zero attached hydrogens (tertiary/aromatic N) is 3. The van der Waals surface area contributed by atoms with Crippen LogP contribution in [0.2, 0.25) is 0 Å². The molecule has 0 spiro atoms. The molecule has 0 amide bonds. The van der Waals surface area contributed by atoms with Gasteiger partial charge in [-0.15, -0.1) is 0 Å². The lowest BCUT2D eigenvalue weighted by Gasteiger charge is -2.36. The molecule has 0 saturated heterocycles. The van der Waals surface area contributed by atoms with Crippen molar-refractivity contribution in [3.05, 3.63) is 174 Å². The highest BCUT2D eigenvalue weighted by Gasteiger charge is 2.35. The van der Waals surface area contributed by atoms with E-state index >= 15 is 0 Å². The van der Waals surface area contributed by atoms with E-state index in [1.165, 1.54) is 61.5 Å². The number of anilines is 1. The normalized spacial score (nSPS) is 14.9. The first-order valence-electron chi connectivity index (χ1n) is 17.4. The van der Waals surface area contributed by atoms with Crippen LogP contribution in [0.25, 0.3) is 44.6 Å². The summed E-state index contributed by atoms with van der Waals surface area (Å²) in [6, 6.07) is 40.0. The van der Waals surface area contributed by atoms with Crippen molar-refractivity contribution in [3.63, 3.8) is 0 Å². The zero-order chi connectivity index (χ0) is 33.5. The van der Waals surface area contributed by atoms with E-state index in [-0.39, 0.29) is 11.5 Å². The van der Waals surface area contributed by atoms with Crippen molar-refractivity contribution < 1.29 is 0 Å². The summed E-state index contributed by atoms with van der Waals surface area (Å²) < 4.78 is 0. The first-order chi connectivity index (χ1) is 23.9. The number of allylic oxidation sites excluding steroid dienone is 4. The van der Waals surface area contributed by atoms with Crippen LogP contribution in [0.15, 0.2) is 152 Å². The van der Waals surface area contributed by atoms with Crippen molar-refractivity contribution in [2.24, 2.45) is 0 Å². The van der Waals surface area contributed by atoms with E-state index in [2.05, 4.69) is 159 Å². The predicted molar refractivity (Wildman–Crippen MR) is 204 cm³/mol. The zero-order valence-corrected chi connectivity index (χ0v) is 28.7. The molecule has 8 rings (SSSR count). The molecule has 0 saturated carbocycles. The minimum absolute atomic E-state index is 0.0225. The van der Waals surface area contributed by atoms with Crippen LogP contribution >= 0.6 is 0 Å². The SMILES string of the molecule is Cc1c(N(C2=CC=CCC2)C(C)c2cc(-c3cccnc3)cc(-c3ccc4c(c3)-c3ccccc3C4(C)C)c2)ccnc1-c1ccccc1. The number of rotatable bonds is 7. The second-order valence-corrected chi connectivity index (χ2v) is 13.9. The Bertz CT molecular complexity index is 2230. The highest BCUT2D eigenvalue weighted by atomic mass is 15.2. The third kappa shape index (κ3) is 5.50. The van der Waals surface area contributed by atoms with E-state index in [1.54, 1.807) is 0 Å². The number of hydrogen-bond donors (Lipinski definition) is 0. The summed E-state index contributed by atoms with van der Waals surface area (Å²) in [4.78, 5) is 11.9. The molecule has 2 aliphatic carbocycles. The lowest BCUT2D eigenvalue weighted by atomic mass is 9.82. The molecule has 6 aromatic rings. The van der Waals surface area contributed by atoms with Gasteiger partial charge in [0.15, 0.2) is 0 Å². The molecule has 1 atom stereocenters.